The minimum absolute atomic E-state index is 0.358. The number of hydrogen-bond acceptors (Lipinski definition) is 6. The van der Waals surface area contributed by atoms with Gasteiger partial charge in [0.05, 0.1) is 12.7 Å². The Bertz CT molecular complexity index is 650. The van der Waals surface area contributed by atoms with Gasteiger partial charge in [-0.3, -0.25) is 0 Å². The summed E-state index contributed by atoms with van der Waals surface area (Å²) in [5, 5.41) is 20.9. The molecule has 2 aromatic heterocycles. The zero-order chi connectivity index (χ0) is 14.2. The summed E-state index contributed by atoms with van der Waals surface area (Å²) in [6.45, 7) is 0. The molecule has 3 rings (SSSR count). The average Bonchev–Trinajstić information content (AvgIpc) is 2.86. The molecule has 8 heteroatoms. The summed E-state index contributed by atoms with van der Waals surface area (Å²) < 4.78 is 6.55. The van der Waals surface area contributed by atoms with Gasteiger partial charge in [-0.2, -0.15) is 0 Å². The third kappa shape index (κ3) is 1.64. The quantitative estimate of drug-likeness (QED) is 0.876. The van der Waals surface area contributed by atoms with Crippen molar-refractivity contribution >= 4 is 5.97 Å². The van der Waals surface area contributed by atoms with Crippen LogP contribution in [0, 0.1) is 0 Å². The van der Waals surface area contributed by atoms with Crippen LogP contribution in [0.25, 0.3) is 11.4 Å². The number of hydrogen-bond donors (Lipinski definition) is 1. The SMILES string of the molecule is COc1ncccc1-c1nnnn1C1(C(=O)O)CCC1. The lowest BCUT2D eigenvalue weighted by molar-refractivity contribution is -0.153. The van der Waals surface area contributed by atoms with Crippen LogP contribution in [0.3, 0.4) is 0 Å². The van der Waals surface area contributed by atoms with Gasteiger partial charge in [-0.05, 0) is 41.8 Å². The van der Waals surface area contributed by atoms with E-state index >= 15 is 0 Å². The molecule has 0 radical (unpaired) electrons. The van der Waals surface area contributed by atoms with E-state index in [-0.39, 0.29) is 0 Å². The predicted octanol–water partition coefficient (Wildman–Crippen LogP) is 0.707. The maximum atomic E-state index is 11.6. The van der Waals surface area contributed by atoms with E-state index in [0.717, 1.165) is 6.42 Å². The highest BCUT2D eigenvalue weighted by atomic mass is 16.5. The highest BCUT2D eigenvalue weighted by Crippen LogP contribution is 2.41. The molecule has 2 aromatic rings. The van der Waals surface area contributed by atoms with Gasteiger partial charge in [-0.25, -0.2) is 14.5 Å². The van der Waals surface area contributed by atoms with E-state index in [0.29, 0.717) is 30.1 Å². The van der Waals surface area contributed by atoms with E-state index in [1.807, 2.05) is 0 Å². The molecule has 20 heavy (non-hydrogen) atoms. The molecule has 0 bridgehead atoms. The van der Waals surface area contributed by atoms with Gasteiger partial charge in [0.1, 0.15) is 0 Å². The second-order valence-corrected chi connectivity index (χ2v) is 4.66. The molecule has 0 aliphatic heterocycles. The van der Waals surface area contributed by atoms with Crippen molar-refractivity contribution in [2.24, 2.45) is 0 Å². The van der Waals surface area contributed by atoms with Crippen LogP contribution in [0.15, 0.2) is 18.3 Å². The van der Waals surface area contributed by atoms with Gasteiger partial charge in [0.15, 0.2) is 11.4 Å². The number of aromatic nitrogens is 5. The Hall–Kier alpha value is -2.51. The first-order valence-electron chi connectivity index (χ1n) is 6.21. The number of carboxylic acids is 1. The first-order chi connectivity index (χ1) is 9.69. The molecule has 0 atom stereocenters. The van der Waals surface area contributed by atoms with Crippen LogP contribution in [0.2, 0.25) is 0 Å². The minimum atomic E-state index is -1.06. The molecule has 2 heterocycles. The first kappa shape index (κ1) is 12.5. The van der Waals surface area contributed by atoms with Gasteiger partial charge in [0.2, 0.25) is 5.88 Å². The summed E-state index contributed by atoms with van der Waals surface area (Å²) in [5.41, 5.74) is -0.479. The van der Waals surface area contributed by atoms with Crippen LogP contribution in [0.5, 0.6) is 5.88 Å². The van der Waals surface area contributed by atoms with Gasteiger partial charge in [-0.1, -0.05) is 0 Å². The van der Waals surface area contributed by atoms with Crippen molar-refractivity contribution in [2.45, 2.75) is 24.8 Å². The fraction of sp³-hybridized carbons (Fsp3) is 0.417. The van der Waals surface area contributed by atoms with E-state index in [1.165, 1.54) is 11.8 Å². The second-order valence-electron chi connectivity index (χ2n) is 4.66. The number of rotatable bonds is 4. The summed E-state index contributed by atoms with van der Waals surface area (Å²) in [6.07, 6.45) is 3.47. The highest BCUT2D eigenvalue weighted by Gasteiger charge is 2.49. The van der Waals surface area contributed by atoms with Crippen molar-refractivity contribution in [1.29, 1.82) is 0 Å². The topological polar surface area (TPSA) is 103 Å². The van der Waals surface area contributed by atoms with E-state index < -0.39 is 11.5 Å². The summed E-state index contributed by atoms with van der Waals surface area (Å²) in [7, 11) is 1.50. The Kier molecular flexibility index (Phi) is 2.85. The van der Waals surface area contributed by atoms with Gasteiger partial charge in [0.25, 0.3) is 0 Å². The molecule has 1 fully saturated rings. The molecule has 104 valence electrons. The zero-order valence-corrected chi connectivity index (χ0v) is 10.9. The normalized spacial score (nSPS) is 16.4. The molecule has 0 saturated heterocycles. The van der Waals surface area contributed by atoms with E-state index in [1.54, 1.807) is 18.3 Å². The summed E-state index contributed by atoms with van der Waals surface area (Å²) >= 11 is 0. The molecular weight excluding hydrogens is 262 g/mol. The van der Waals surface area contributed by atoms with Gasteiger partial charge < -0.3 is 9.84 Å². The Morgan fingerprint density at radius 3 is 2.90 bits per heavy atom. The van der Waals surface area contributed by atoms with E-state index in [9.17, 15) is 9.90 Å². The van der Waals surface area contributed by atoms with Crippen LogP contribution in [-0.4, -0.2) is 43.4 Å². The number of nitrogens with zero attached hydrogens (tertiary/aromatic N) is 5. The van der Waals surface area contributed by atoms with Crippen LogP contribution >= 0.6 is 0 Å². The molecule has 1 aliphatic rings. The van der Waals surface area contributed by atoms with E-state index in [4.69, 9.17) is 4.74 Å². The van der Waals surface area contributed by atoms with Crippen LogP contribution in [0.1, 0.15) is 19.3 Å². The second kappa shape index (κ2) is 4.55. The molecule has 1 N–H and O–H groups in total. The number of carboxylic acid groups (broad SMARTS) is 1. The lowest BCUT2D eigenvalue weighted by Gasteiger charge is -2.37. The van der Waals surface area contributed by atoms with Crippen molar-refractivity contribution in [2.75, 3.05) is 7.11 Å². The van der Waals surface area contributed by atoms with E-state index in [2.05, 4.69) is 20.5 Å². The van der Waals surface area contributed by atoms with Crippen molar-refractivity contribution in [3.8, 4) is 17.3 Å². The zero-order valence-electron chi connectivity index (χ0n) is 10.9. The summed E-state index contributed by atoms with van der Waals surface area (Å²) in [4.78, 5) is 15.7. The van der Waals surface area contributed by atoms with Gasteiger partial charge in [-0.15, -0.1) is 5.10 Å². The molecule has 1 saturated carbocycles. The van der Waals surface area contributed by atoms with Crippen molar-refractivity contribution in [3.05, 3.63) is 18.3 Å². The van der Waals surface area contributed by atoms with Gasteiger partial charge >= 0.3 is 5.97 Å². The summed E-state index contributed by atoms with van der Waals surface area (Å²) in [6, 6.07) is 3.48. The fourth-order valence-electron chi connectivity index (χ4n) is 2.39. The lowest BCUT2D eigenvalue weighted by atomic mass is 9.76. The largest absolute Gasteiger partial charge is 0.480 e. The minimum Gasteiger partial charge on any atom is -0.480 e. The Labute approximate surface area is 114 Å². The maximum Gasteiger partial charge on any atom is 0.331 e. The molecule has 0 aromatic carbocycles. The average molecular weight is 275 g/mol. The number of pyridine rings is 1. The number of carbonyl (C=O) groups is 1. The summed E-state index contributed by atoms with van der Waals surface area (Å²) in [5.74, 6) is -0.194. The molecule has 1 aliphatic carbocycles. The molecular formula is C12H13N5O3. The lowest BCUT2D eigenvalue weighted by Crippen LogP contribution is -2.48. The smallest absolute Gasteiger partial charge is 0.331 e. The highest BCUT2D eigenvalue weighted by molar-refractivity contribution is 5.79. The third-order valence-electron chi connectivity index (χ3n) is 3.66. The van der Waals surface area contributed by atoms with Crippen LogP contribution < -0.4 is 4.74 Å². The number of aliphatic carboxylic acids is 1. The number of ether oxygens (including phenoxy) is 1. The molecule has 0 spiro atoms. The Balaban J connectivity index is 2.13. The fourth-order valence-corrected chi connectivity index (χ4v) is 2.39. The maximum absolute atomic E-state index is 11.6. The molecule has 8 nitrogen and oxygen atoms in total. The molecule has 0 unspecified atom stereocenters. The van der Waals surface area contributed by atoms with Crippen molar-refractivity contribution in [3.63, 3.8) is 0 Å². The third-order valence-corrected chi connectivity index (χ3v) is 3.66. The monoisotopic (exact) mass is 275 g/mol. The first-order valence-corrected chi connectivity index (χ1v) is 6.21. The number of tetrazole rings is 1. The Morgan fingerprint density at radius 1 is 1.50 bits per heavy atom. The standard InChI is InChI=1S/C12H13N5O3/c1-20-10-8(4-2-7-13-10)9-14-15-16-17(9)12(11(18)19)5-3-6-12/h2,4,7H,3,5-6H2,1H3,(H,18,19). The number of methoxy groups -OCH3 is 1. The predicted molar refractivity (Wildman–Crippen MR) is 67.1 cm³/mol. The molecule has 0 amide bonds. The van der Waals surface area contributed by atoms with Crippen molar-refractivity contribution in [1.82, 2.24) is 25.2 Å². The van der Waals surface area contributed by atoms with Crippen LogP contribution in [0.4, 0.5) is 0 Å². The van der Waals surface area contributed by atoms with Crippen molar-refractivity contribution < 1.29 is 14.6 Å². The van der Waals surface area contributed by atoms with Crippen LogP contribution in [-0.2, 0) is 10.3 Å². The van der Waals surface area contributed by atoms with Gasteiger partial charge in [0, 0.05) is 6.20 Å². The Morgan fingerprint density at radius 2 is 2.30 bits per heavy atom.